The zero-order chi connectivity index (χ0) is 22.9. The molecule has 0 N–H and O–H groups in total. The maximum atomic E-state index is 13.6. The Hall–Kier alpha value is -2.81. The lowest BCUT2D eigenvalue weighted by molar-refractivity contribution is 0.0984. The van der Waals surface area contributed by atoms with E-state index in [4.69, 9.17) is 16.6 Å². The molecule has 2 heterocycles. The first-order chi connectivity index (χ1) is 15.3. The summed E-state index contributed by atoms with van der Waals surface area (Å²) in [5.74, 6) is -0.396. The number of aromatic nitrogens is 2. The Balaban J connectivity index is 1.81. The fourth-order valence-electron chi connectivity index (χ4n) is 3.28. The number of carbonyl (C=O) groups excluding carboxylic acids is 1. The quantitative estimate of drug-likeness (QED) is 0.370. The first-order valence-electron chi connectivity index (χ1n) is 9.90. The molecular weight excluding hydrogens is 466 g/mol. The second-order valence-corrected chi connectivity index (χ2v) is 10.9. The molecule has 4 aromatic rings. The van der Waals surface area contributed by atoms with Crippen LogP contribution in [0, 0.1) is 6.92 Å². The maximum Gasteiger partial charge on any atom is 0.260 e. The number of anilines is 1. The number of aryl methyl sites for hydroxylation is 1. The predicted octanol–water partition coefficient (Wildman–Crippen LogP) is 5.29. The van der Waals surface area contributed by atoms with E-state index < -0.39 is 9.84 Å². The van der Waals surface area contributed by atoms with Gasteiger partial charge < -0.3 is 0 Å². The largest absolute Gasteiger partial charge is 0.278 e. The fraction of sp³-hybridized carbons (Fsp3) is 0.174. The van der Waals surface area contributed by atoms with Crippen LogP contribution in [0.4, 0.5) is 5.13 Å². The van der Waals surface area contributed by atoms with Crippen LogP contribution < -0.4 is 4.90 Å². The summed E-state index contributed by atoms with van der Waals surface area (Å²) < 4.78 is 25.5. The van der Waals surface area contributed by atoms with Crippen LogP contribution in [0.3, 0.4) is 0 Å². The zero-order valence-electron chi connectivity index (χ0n) is 17.4. The number of benzene rings is 2. The molecule has 0 fully saturated rings. The monoisotopic (exact) mass is 485 g/mol. The molecule has 0 saturated carbocycles. The van der Waals surface area contributed by atoms with E-state index in [0.29, 0.717) is 15.8 Å². The second-order valence-electron chi connectivity index (χ2n) is 7.21. The first-order valence-corrected chi connectivity index (χ1v) is 12.7. The van der Waals surface area contributed by atoms with Crippen LogP contribution in [-0.4, -0.2) is 30.0 Å². The van der Waals surface area contributed by atoms with Crippen molar-refractivity contribution >= 4 is 54.0 Å². The summed E-state index contributed by atoms with van der Waals surface area (Å²) in [6.07, 6.45) is 1.66. The number of fused-ring (bicyclic) bond motifs is 1. The van der Waals surface area contributed by atoms with E-state index in [1.54, 1.807) is 31.3 Å². The average molecular weight is 486 g/mol. The number of nitrogens with zero attached hydrogens (tertiary/aromatic N) is 3. The molecule has 0 bridgehead atoms. The van der Waals surface area contributed by atoms with E-state index in [-0.39, 0.29) is 28.7 Å². The Morgan fingerprint density at radius 2 is 1.94 bits per heavy atom. The minimum atomic E-state index is -3.45. The van der Waals surface area contributed by atoms with Gasteiger partial charge in [0.1, 0.15) is 0 Å². The Kier molecular flexibility index (Phi) is 6.28. The SMILES string of the molecule is CCS(=O)(=O)c1cccc(C(=O)N(Cc2ccccn2)c2nc3c(C)cc(Cl)cc3s2)c1. The lowest BCUT2D eigenvalue weighted by Gasteiger charge is -2.20. The Morgan fingerprint density at radius 3 is 2.66 bits per heavy atom. The van der Waals surface area contributed by atoms with Gasteiger partial charge in [0, 0.05) is 16.8 Å². The minimum absolute atomic E-state index is 0.0415. The highest BCUT2D eigenvalue weighted by atomic mass is 35.5. The van der Waals surface area contributed by atoms with Gasteiger partial charge in [0.25, 0.3) is 5.91 Å². The van der Waals surface area contributed by atoms with Crippen molar-refractivity contribution in [3.8, 4) is 0 Å². The first kappa shape index (κ1) is 22.4. The number of pyridine rings is 1. The molecule has 1 amide bonds. The van der Waals surface area contributed by atoms with Crippen LogP contribution >= 0.6 is 22.9 Å². The number of sulfone groups is 1. The highest BCUT2D eigenvalue weighted by Crippen LogP contribution is 2.34. The summed E-state index contributed by atoms with van der Waals surface area (Å²) in [7, 11) is -3.45. The predicted molar refractivity (Wildman–Crippen MR) is 128 cm³/mol. The van der Waals surface area contributed by atoms with E-state index >= 15 is 0 Å². The number of rotatable bonds is 6. The molecule has 0 unspecified atom stereocenters. The molecule has 0 aliphatic heterocycles. The number of thiazole rings is 1. The van der Waals surface area contributed by atoms with Crippen molar-refractivity contribution in [2.45, 2.75) is 25.3 Å². The molecule has 164 valence electrons. The van der Waals surface area contributed by atoms with Gasteiger partial charge in [-0.1, -0.05) is 42.0 Å². The minimum Gasteiger partial charge on any atom is -0.278 e. The van der Waals surface area contributed by atoms with E-state index in [9.17, 15) is 13.2 Å². The normalized spacial score (nSPS) is 11.6. The molecule has 6 nitrogen and oxygen atoms in total. The van der Waals surface area contributed by atoms with Crippen molar-refractivity contribution in [2.24, 2.45) is 0 Å². The van der Waals surface area contributed by atoms with Gasteiger partial charge in [-0.25, -0.2) is 13.4 Å². The third-order valence-electron chi connectivity index (χ3n) is 4.98. The van der Waals surface area contributed by atoms with Crippen LogP contribution in [0.2, 0.25) is 5.02 Å². The van der Waals surface area contributed by atoms with Gasteiger partial charge in [-0.05, 0) is 55.0 Å². The molecular formula is C23H20ClN3O3S2. The lowest BCUT2D eigenvalue weighted by atomic mass is 10.2. The standard InChI is InChI=1S/C23H20ClN3O3S2/c1-3-32(29,30)19-9-6-7-16(12-19)22(28)27(14-18-8-4-5-10-25-18)23-26-21-15(2)11-17(24)13-20(21)31-23/h4-13H,3,14H2,1-2H3. The molecule has 9 heteroatoms. The number of halogens is 1. The van der Waals surface area contributed by atoms with Gasteiger partial charge in [-0.3, -0.25) is 14.7 Å². The Labute approximate surface area is 195 Å². The van der Waals surface area contributed by atoms with Crippen molar-refractivity contribution in [3.63, 3.8) is 0 Å². The van der Waals surface area contributed by atoms with Crippen molar-refractivity contribution in [2.75, 3.05) is 10.7 Å². The zero-order valence-corrected chi connectivity index (χ0v) is 19.8. The summed E-state index contributed by atoms with van der Waals surface area (Å²) in [6, 6.07) is 15.2. The lowest BCUT2D eigenvalue weighted by Crippen LogP contribution is -2.30. The third kappa shape index (κ3) is 4.53. The molecule has 32 heavy (non-hydrogen) atoms. The number of hydrogen-bond acceptors (Lipinski definition) is 6. The van der Waals surface area contributed by atoms with Gasteiger partial charge >= 0.3 is 0 Å². The molecule has 0 saturated heterocycles. The van der Waals surface area contributed by atoms with Crippen LogP contribution in [0.15, 0.2) is 65.7 Å². The van der Waals surface area contributed by atoms with Crippen LogP contribution in [0.1, 0.15) is 28.5 Å². The molecule has 0 atom stereocenters. The van der Waals surface area contributed by atoms with Gasteiger partial charge in [0.2, 0.25) is 0 Å². The summed E-state index contributed by atoms with van der Waals surface area (Å²) in [4.78, 5) is 24.3. The van der Waals surface area contributed by atoms with Gasteiger partial charge in [-0.15, -0.1) is 0 Å². The van der Waals surface area contributed by atoms with E-state index in [0.717, 1.165) is 15.8 Å². The summed E-state index contributed by atoms with van der Waals surface area (Å²) in [5.41, 5.74) is 2.64. The Morgan fingerprint density at radius 1 is 1.12 bits per heavy atom. The van der Waals surface area contributed by atoms with Gasteiger partial charge in [0.05, 0.1) is 33.1 Å². The van der Waals surface area contributed by atoms with E-state index in [1.807, 2.05) is 31.2 Å². The third-order valence-corrected chi connectivity index (χ3v) is 7.96. The second kappa shape index (κ2) is 8.97. The smallest absolute Gasteiger partial charge is 0.260 e. The molecule has 0 aliphatic rings. The van der Waals surface area contributed by atoms with E-state index in [2.05, 4.69) is 4.98 Å². The summed E-state index contributed by atoms with van der Waals surface area (Å²) in [6.45, 7) is 3.69. The number of carbonyl (C=O) groups is 1. The van der Waals surface area contributed by atoms with Gasteiger partial charge in [-0.2, -0.15) is 0 Å². The maximum absolute atomic E-state index is 13.6. The summed E-state index contributed by atoms with van der Waals surface area (Å²) in [5, 5.41) is 1.09. The van der Waals surface area contributed by atoms with Crippen molar-refractivity contribution in [3.05, 3.63) is 82.6 Å². The molecule has 0 spiro atoms. The van der Waals surface area contributed by atoms with Crippen LogP contribution in [0.5, 0.6) is 0 Å². The van der Waals surface area contributed by atoms with Gasteiger partial charge in [0.15, 0.2) is 15.0 Å². The molecule has 2 aromatic carbocycles. The summed E-state index contributed by atoms with van der Waals surface area (Å²) >= 11 is 7.56. The van der Waals surface area contributed by atoms with Crippen LogP contribution in [0.25, 0.3) is 10.2 Å². The number of amides is 1. The molecule has 0 radical (unpaired) electrons. The van der Waals surface area contributed by atoms with E-state index in [1.165, 1.54) is 28.4 Å². The average Bonchev–Trinajstić information content (AvgIpc) is 3.22. The fourth-order valence-corrected chi connectivity index (χ4v) is 5.63. The van der Waals surface area contributed by atoms with Crippen molar-refractivity contribution in [1.82, 2.24) is 9.97 Å². The molecule has 2 aromatic heterocycles. The van der Waals surface area contributed by atoms with Crippen molar-refractivity contribution < 1.29 is 13.2 Å². The highest BCUT2D eigenvalue weighted by Gasteiger charge is 2.24. The molecule has 0 aliphatic carbocycles. The highest BCUT2D eigenvalue weighted by molar-refractivity contribution is 7.91. The Bertz CT molecular complexity index is 1400. The van der Waals surface area contributed by atoms with Crippen molar-refractivity contribution in [1.29, 1.82) is 0 Å². The topological polar surface area (TPSA) is 80.2 Å². The molecule has 4 rings (SSSR count). The van der Waals surface area contributed by atoms with Crippen LogP contribution in [-0.2, 0) is 16.4 Å². The number of hydrogen-bond donors (Lipinski definition) is 0.